The van der Waals surface area contributed by atoms with Crippen LogP contribution in [0.1, 0.15) is 37.6 Å². The van der Waals surface area contributed by atoms with Crippen molar-refractivity contribution in [1.29, 1.82) is 0 Å². The molecule has 1 aromatic rings. The zero-order valence-electron chi connectivity index (χ0n) is 11.9. The third-order valence-electron chi connectivity index (χ3n) is 3.81. The first kappa shape index (κ1) is 15.0. The Bertz CT molecular complexity index is 400. The highest BCUT2D eigenvalue weighted by Gasteiger charge is 2.14. The molecule has 1 unspecified atom stereocenters. The topological polar surface area (TPSA) is 39.1 Å². The highest BCUT2D eigenvalue weighted by Crippen LogP contribution is 2.22. The zero-order chi connectivity index (χ0) is 13.7. The molecule has 1 atom stereocenters. The van der Waals surface area contributed by atoms with Crippen LogP contribution >= 0.6 is 15.9 Å². The van der Waals surface area contributed by atoms with E-state index in [2.05, 4.69) is 33.3 Å². The van der Waals surface area contributed by atoms with Gasteiger partial charge in [-0.15, -0.1) is 0 Å². The van der Waals surface area contributed by atoms with E-state index < -0.39 is 0 Å². The van der Waals surface area contributed by atoms with Gasteiger partial charge in [-0.05, 0) is 60.6 Å². The zero-order valence-corrected chi connectivity index (χ0v) is 13.5. The van der Waals surface area contributed by atoms with Crippen LogP contribution < -0.4 is 5.32 Å². The van der Waals surface area contributed by atoms with Crippen LogP contribution in [0.2, 0.25) is 0 Å². The third-order valence-corrected chi connectivity index (χ3v) is 4.73. The van der Waals surface area contributed by atoms with E-state index in [0.717, 1.165) is 47.8 Å². The molecule has 108 valence electrons. The fourth-order valence-electron chi connectivity index (χ4n) is 2.57. The van der Waals surface area contributed by atoms with E-state index in [1.54, 1.807) is 0 Å². The number of aromatic nitrogens is 2. The first-order valence-corrected chi connectivity index (χ1v) is 8.00. The Morgan fingerprint density at radius 1 is 1.53 bits per heavy atom. The van der Waals surface area contributed by atoms with E-state index in [0.29, 0.717) is 6.61 Å². The highest BCUT2D eigenvalue weighted by atomic mass is 79.9. The van der Waals surface area contributed by atoms with Gasteiger partial charge in [-0.1, -0.05) is 6.92 Å². The largest absolute Gasteiger partial charge is 0.375 e. The molecule has 1 N–H and O–H groups in total. The smallest absolute Gasteiger partial charge is 0.0896 e. The first-order valence-electron chi connectivity index (χ1n) is 7.21. The van der Waals surface area contributed by atoms with Crippen molar-refractivity contribution in [3.05, 3.63) is 15.9 Å². The van der Waals surface area contributed by atoms with Crippen molar-refractivity contribution in [1.82, 2.24) is 15.1 Å². The van der Waals surface area contributed by atoms with E-state index >= 15 is 0 Å². The van der Waals surface area contributed by atoms with Crippen molar-refractivity contribution in [2.75, 3.05) is 19.7 Å². The Morgan fingerprint density at radius 2 is 2.37 bits per heavy atom. The summed E-state index contributed by atoms with van der Waals surface area (Å²) in [7, 11) is 1.98. The molecule has 0 bridgehead atoms. The number of halogens is 1. The van der Waals surface area contributed by atoms with Gasteiger partial charge in [-0.25, -0.2) is 0 Å². The molecule has 2 rings (SSSR count). The monoisotopic (exact) mass is 329 g/mol. The average molecular weight is 330 g/mol. The van der Waals surface area contributed by atoms with Gasteiger partial charge in [0.05, 0.1) is 22.5 Å². The molecule has 1 saturated heterocycles. The summed E-state index contributed by atoms with van der Waals surface area (Å²) in [6.45, 7) is 5.93. The van der Waals surface area contributed by atoms with Crippen LogP contribution in [0.25, 0.3) is 0 Å². The molecular formula is C14H24BrN3O. The van der Waals surface area contributed by atoms with Crippen LogP contribution in [0.4, 0.5) is 0 Å². The van der Waals surface area contributed by atoms with Crippen LogP contribution in [0.15, 0.2) is 4.47 Å². The summed E-state index contributed by atoms with van der Waals surface area (Å²) in [6.07, 6.45) is 4.74. The number of nitrogens with zero attached hydrogens (tertiary/aromatic N) is 2. The second-order valence-electron chi connectivity index (χ2n) is 5.24. The molecule has 0 aliphatic carbocycles. The summed E-state index contributed by atoms with van der Waals surface area (Å²) < 4.78 is 8.85. The molecule has 0 spiro atoms. The molecule has 0 amide bonds. The molecule has 0 radical (unpaired) electrons. The fraction of sp³-hybridized carbons (Fsp3) is 0.786. The minimum absolute atomic E-state index is 0.643. The van der Waals surface area contributed by atoms with Gasteiger partial charge in [0.2, 0.25) is 0 Å². The standard InChI is InChI=1S/C14H24BrN3O/c1-3-12-14(15)13(18(2)17-12)10-19-8-6-11-5-4-7-16-9-11/h11,16H,3-10H2,1-2H3. The lowest BCUT2D eigenvalue weighted by molar-refractivity contribution is 0.0986. The molecule has 1 aromatic heterocycles. The molecule has 19 heavy (non-hydrogen) atoms. The van der Waals surface area contributed by atoms with Crippen molar-refractivity contribution in [3.63, 3.8) is 0 Å². The Balaban J connectivity index is 1.74. The fourth-order valence-corrected chi connectivity index (χ4v) is 3.30. The number of nitrogens with one attached hydrogen (secondary N) is 1. The predicted molar refractivity (Wildman–Crippen MR) is 80.2 cm³/mol. The van der Waals surface area contributed by atoms with Crippen LogP contribution in [0.3, 0.4) is 0 Å². The number of aryl methyl sites for hydroxylation is 2. The maximum Gasteiger partial charge on any atom is 0.0896 e. The Kier molecular flexibility index (Phi) is 5.85. The van der Waals surface area contributed by atoms with Gasteiger partial charge in [0.15, 0.2) is 0 Å². The lowest BCUT2D eigenvalue weighted by Crippen LogP contribution is -2.30. The van der Waals surface area contributed by atoms with E-state index in [-0.39, 0.29) is 0 Å². The van der Waals surface area contributed by atoms with E-state index in [4.69, 9.17) is 4.74 Å². The van der Waals surface area contributed by atoms with Gasteiger partial charge in [-0.3, -0.25) is 4.68 Å². The summed E-state index contributed by atoms with van der Waals surface area (Å²) in [5.74, 6) is 0.787. The molecular weight excluding hydrogens is 306 g/mol. The summed E-state index contributed by atoms with van der Waals surface area (Å²) in [5, 5.41) is 7.92. The van der Waals surface area contributed by atoms with Gasteiger partial charge in [0, 0.05) is 13.7 Å². The number of hydrogen-bond donors (Lipinski definition) is 1. The molecule has 2 heterocycles. The lowest BCUT2D eigenvalue weighted by Gasteiger charge is -2.22. The van der Waals surface area contributed by atoms with Crippen molar-refractivity contribution in [2.45, 2.75) is 39.2 Å². The third kappa shape index (κ3) is 4.04. The molecule has 5 heteroatoms. The maximum atomic E-state index is 5.82. The minimum Gasteiger partial charge on any atom is -0.375 e. The molecule has 0 aromatic carbocycles. The van der Waals surface area contributed by atoms with Crippen LogP contribution in [0.5, 0.6) is 0 Å². The summed E-state index contributed by atoms with van der Waals surface area (Å²) in [4.78, 5) is 0. The Hall–Kier alpha value is -0.390. The van der Waals surface area contributed by atoms with Gasteiger partial charge in [0.25, 0.3) is 0 Å². The van der Waals surface area contributed by atoms with Gasteiger partial charge >= 0.3 is 0 Å². The van der Waals surface area contributed by atoms with Crippen molar-refractivity contribution >= 4 is 15.9 Å². The SMILES string of the molecule is CCc1nn(C)c(COCCC2CCCNC2)c1Br. The summed E-state index contributed by atoms with van der Waals surface area (Å²) in [5.41, 5.74) is 2.25. The second-order valence-corrected chi connectivity index (χ2v) is 6.03. The van der Waals surface area contributed by atoms with E-state index in [1.165, 1.54) is 19.4 Å². The normalized spacial score (nSPS) is 19.8. The molecule has 1 fully saturated rings. The summed E-state index contributed by atoms with van der Waals surface area (Å²) >= 11 is 3.62. The Labute approximate surface area is 124 Å². The second kappa shape index (κ2) is 7.41. The maximum absolute atomic E-state index is 5.82. The number of rotatable bonds is 6. The quantitative estimate of drug-likeness (QED) is 0.815. The van der Waals surface area contributed by atoms with Crippen molar-refractivity contribution < 1.29 is 4.74 Å². The van der Waals surface area contributed by atoms with Gasteiger partial charge < -0.3 is 10.1 Å². The van der Waals surface area contributed by atoms with Crippen molar-refractivity contribution in [3.8, 4) is 0 Å². The highest BCUT2D eigenvalue weighted by molar-refractivity contribution is 9.10. The molecule has 0 saturated carbocycles. The summed E-state index contributed by atoms with van der Waals surface area (Å²) in [6, 6.07) is 0. The average Bonchev–Trinajstić information content (AvgIpc) is 2.71. The van der Waals surface area contributed by atoms with E-state index in [9.17, 15) is 0 Å². The van der Waals surface area contributed by atoms with Crippen LogP contribution in [-0.4, -0.2) is 29.5 Å². The van der Waals surface area contributed by atoms with Crippen LogP contribution in [-0.2, 0) is 24.8 Å². The molecule has 1 aliphatic rings. The van der Waals surface area contributed by atoms with Crippen molar-refractivity contribution in [2.24, 2.45) is 13.0 Å². The minimum atomic E-state index is 0.643. The van der Waals surface area contributed by atoms with Gasteiger partial charge in [0.1, 0.15) is 0 Å². The number of hydrogen-bond acceptors (Lipinski definition) is 3. The van der Waals surface area contributed by atoms with Gasteiger partial charge in [-0.2, -0.15) is 5.10 Å². The first-order chi connectivity index (χ1) is 9.22. The Morgan fingerprint density at radius 3 is 3.00 bits per heavy atom. The number of ether oxygens (including phenoxy) is 1. The predicted octanol–water partition coefficient (Wildman–Crippen LogP) is 2.65. The lowest BCUT2D eigenvalue weighted by atomic mass is 9.97. The van der Waals surface area contributed by atoms with Crippen LogP contribution in [0, 0.1) is 5.92 Å². The van der Waals surface area contributed by atoms with E-state index in [1.807, 2.05) is 11.7 Å². The molecule has 1 aliphatic heterocycles. The molecule has 4 nitrogen and oxygen atoms in total. The number of piperidine rings is 1.